The summed E-state index contributed by atoms with van der Waals surface area (Å²) in [5, 5.41) is 11.3. The Balaban J connectivity index is 2.18. The molecule has 1 fully saturated rings. The van der Waals surface area contributed by atoms with E-state index < -0.39 is 11.4 Å². The number of halogens is 1. The molecule has 1 aromatic heterocycles. The fraction of sp³-hybridized carbons (Fsp3) is 0.538. The molecule has 1 unspecified atom stereocenters. The standard InChI is InChI=1S/C13H16INO3S/c1-8(2)13(12(17)18)3-4-15(7-13)11(16)9-5-10(14)19-6-9/h5-6,8H,3-4,7H2,1-2H3,(H,17,18). The molecular weight excluding hydrogens is 377 g/mol. The van der Waals surface area contributed by atoms with Crippen LogP contribution in [0.5, 0.6) is 0 Å². The van der Waals surface area contributed by atoms with Crippen molar-refractivity contribution in [1.82, 2.24) is 4.90 Å². The summed E-state index contributed by atoms with van der Waals surface area (Å²) in [4.78, 5) is 25.5. The summed E-state index contributed by atoms with van der Waals surface area (Å²) in [6.45, 7) is 4.66. The van der Waals surface area contributed by atoms with Crippen molar-refractivity contribution in [3.05, 3.63) is 19.9 Å². The van der Waals surface area contributed by atoms with Crippen LogP contribution in [-0.4, -0.2) is 35.0 Å². The van der Waals surface area contributed by atoms with Crippen molar-refractivity contribution in [3.63, 3.8) is 0 Å². The van der Waals surface area contributed by atoms with Gasteiger partial charge in [0.05, 0.1) is 13.9 Å². The van der Waals surface area contributed by atoms with Gasteiger partial charge in [0, 0.05) is 18.5 Å². The van der Waals surface area contributed by atoms with Gasteiger partial charge < -0.3 is 10.0 Å². The van der Waals surface area contributed by atoms with Crippen molar-refractivity contribution in [3.8, 4) is 0 Å². The fourth-order valence-electron chi connectivity index (χ4n) is 2.50. The summed E-state index contributed by atoms with van der Waals surface area (Å²) in [6, 6.07) is 1.85. The highest BCUT2D eigenvalue weighted by Crippen LogP contribution is 2.38. The van der Waals surface area contributed by atoms with E-state index >= 15 is 0 Å². The van der Waals surface area contributed by atoms with Crippen LogP contribution in [0.2, 0.25) is 0 Å². The van der Waals surface area contributed by atoms with Gasteiger partial charge in [-0.3, -0.25) is 9.59 Å². The quantitative estimate of drug-likeness (QED) is 0.804. The van der Waals surface area contributed by atoms with Crippen LogP contribution in [0, 0.1) is 14.2 Å². The zero-order chi connectivity index (χ0) is 14.2. The number of thiophene rings is 1. The van der Waals surface area contributed by atoms with E-state index in [-0.39, 0.29) is 11.8 Å². The number of likely N-dealkylation sites (tertiary alicyclic amines) is 1. The van der Waals surface area contributed by atoms with Crippen molar-refractivity contribution in [2.75, 3.05) is 13.1 Å². The van der Waals surface area contributed by atoms with E-state index in [1.54, 1.807) is 4.90 Å². The van der Waals surface area contributed by atoms with Gasteiger partial charge in [-0.1, -0.05) is 13.8 Å². The van der Waals surface area contributed by atoms with Gasteiger partial charge in [0.25, 0.3) is 5.91 Å². The Bertz CT molecular complexity index is 514. The Labute approximate surface area is 129 Å². The predicted octanol–water partition coefficient (Wildman–Crippen LogP) is 2.93. The molecule has 0 saturated carbocycles. The lowest BCUT2D eigenvalue weighted by molar-refractivity contribution is -0.150. The highest BCUT2D eigenvalue weighted by Gasteiger charge is 2.48. The number of rotatable bonds is 3. The van der Waals surface area contributed by atoms with Gasteiger partial charge in [-0.2, -0.15) is 0 Å². The summed E-state index contributed by atoms with van der Waals surface area (Å²) in [7, 11) is 0. The molecule has 1 aliphatic heterocycles. The minimum absolute atomic E-state index is 0.0189. The number of nitrogens with zero attached hydrogens (tertiary/aromatic N) is 1. The van der Waals surface area contributed by atoms with Crippen molar-refractivity contribution >= 4 is 45.8 Å². The maximum absolute atomic E-state index is 12.3. The molecule has 104 valence electrons. The molecule has 0 aromatic carbocycles. The zero-order valence-electron chi connectivity index (χ0n) is 10.9. The number of aliphatic carboxylic acids is 1. The Morgan fingerprint density at radius 1 is 1.53 bits per heavy atom. The molecule has 2 heterocycles. The summed E-state index contributed by atoms with van der Waals surface area (Å²) in [5.41, 5.74) is -0.127. The molecule has 1 aromatic rings. The molecule has 1 aliphatic rings. The maximum atomic E-state index is 12.3. The maximum Gasteiger partial charge on any atom is 0.311 e. The van der Waals surface area contributed by atoms with Crippen LogP contribution in [0.1, 0.15) is 30.6 Å². The SMILES string of the molecule is CC(C)C1(C(=O)O)CCN(C(=O)c2csc(I)c2)C1. The second kappa shape index (κ2) is 5.40. The van der Waals surface area contributed by atoms with E-state index in [0.717, 1.165) is 2.88 Å². The first-order valence-electron chi connectivity index (χ1n) is 6.13. The summed E-state index contributed by atoms with van der Waals surface area (Å²) < 4.78 is 1.06. The van der Waals surface area contributed by atoms with Gasteiger partial charge in [-0.05, 0) is 41.0 Å². The first-order chi connectivity index (χ1) is 8.86. The molecule has 1 saturated heterocycles. The zero-order valence-corrected chi connectivity index (χ0v) is 13.8. The van der Waals surface area contributed by atoms with Crippen molar-refractivity contribution < 1.29 is 14.7 Å². The molecule has 19 heavy (non-hydrogen) atoms. The van der Waals surface area contributed by atoms with Gasteiger partial charge in [0.15, 0.2) is 0 Å². The van der Waals surface area contributed by atoms with Crippen LogP contribution in [0.4, 0.5) is 0 Å². The largest absolute Gasteiger partial charge is 0.481 e. The van der Waals surface area contributed by atoms with Crippen molar-refractivity contribution in [2.45, 2.75) is 20.3 Å². The highest BCUT2D eigenvalue weighted by molar-refractivity contribution is 14.1. The van der Waals surface area contributed by atoms with Crippen LogP contribution < -0.4 is 0 Å². The molecule has 0 bridgehead atoms. The third kappa shape index (κ3) is 2.65. The lowest BCUT2D eigenvalue weighted by atomic mass is 9.76. The third-order valence-electron chi connectivity index (χ3n) is 3.93. The van der Waals surface area contributed by atoms with Crippen LogP contribution in [-0.2, 0) is 4.79 Å². The van der Waals surface area contributed by atoms with Crippen LogP contribution in [0.15, 0.2) is 11.4 Å². The lowest BCUT2D eigenvalue weighted by Crippen LogP contribution is -2.40. The van der Waals surface area contributed by atoms with E-state index in [4.69, 9.17) is 0 Å². The second-order valence-corrected chi connectivity index (χ2v) is 8.04. The molecule has 4 nitrogen and oxygen atoms in total. The second-order valence-electron chi connectivity index (χ2n) is 5.23. The number of carbonyl (C=O) groups is 2. The number of carbonyl (C=O) groups excluding carboxylic acids is 1. The Morgan fingerprint density at radius 3 is 2.63 bits per heavy atom. The molecule has 2 rings (SSSR count). The van der Waals surface area contributed by atoms with E-state index in [2.05, 4.69) is 22.6 Å². The van der Waals surface area contributed by atoms with Gasteiger partial charge >= 0.3 is 5.97 Å². The Morgan fingerprint density at radius 2 is 2.21 bits per heavy atom. The van der Waals surface area contributed by atoms with Crippen LogP contribution in [0.25, 0.3) is 0 Å². The Kier molecular flexibility index (Phi) is 4.20. The molecule has 0 spiro atoms. The van der Waals surface area contributed by atoms with Crippen LogP contribution in [0.3, 0.4) is 0 Å². The Hall–Kier alpha value is -0.630. The van der Waals surface area contributed by atoms with E-state index in [0.29, 0.717) is 25.1 Å². The molecule has 1 N–H and O–H groups in total. The minimum atomic E-state index is -0.794. The fourth-order valence-corrected chi connectivity index (χ4v) is 3.82. The summed E-state index contributed by atoms with van der Waals surface area (Å²) in [5.74, 6) is -0.828. The van der Waals surface area contributed by atoms with Gasteiger partial charge in [-0.15, -0.1) is 11.3 Å². The summed E-state index contributed by atoms with van der Waals surface area (Å²) >= 11 is 3.71. The van der Waals surface area contributed by atoms with Crippen molar-refractivity contribution in [2.24, 2.45) is 11.3 Å². The predicted molar refractivity (Wildman–Crippen MR) is 82.5 cm³/mol. The monoisotopic (exact) mass is 393 g/mol. The third-order valence-corrected chi connectivity index (χ3v) is 5.72. The molecule has 0 radical (unpaired) electrons. The lowest BCUT2D eigenvalue weighted by Gasteiger charge is -2.28. The van der Waals surface area contributed by atoms with Gasteiger partial charge in [0.1, 0.15) is 0 Å². The molecular formula is C13H16INO3S. The van der Waals surface area contributed by atoms with Crippen molar-refractivity contribution in [1.29, 1.82) is 0 Å². The van der Waals surface area contributed by atoms with E-state index in [1.807, 2.05) is 25.3 Å². The molecule has 1 atom stereocenters. The number of amides is 1. The first kappa shape index (κ1) is 14.8. The minimum Gasteiger partial charge on any atom is -0.481 e. The smallest absolute Gasteiger partial charge is 0.311 e. The van der Waals surface area contributed by atoms with E-state index in [9.17, 15) is 14.7 Å². The number of hydrogen-bond acceptors (Lipinski definition) is 3. The molecule has 0 aliphatic carbocycles. The van der Waals surface area contributed by atoms with Crippen LogP contribution >= 0.6 is 33.9 Å². The number of carboxylic acids is 1. The number of hydrogen-bond donors (Lipinski definition) is 1. The molecule has 6 heteroatoms. The average molecular weight is 393 g/mol. The number of carboxylic acid groups (broad SMARTS) is 1. The topological polar surface area (TPSA) is 57.6 Å². The summed E-state index contributed by atoms with van der Waals surface area (Å²) in [6.07, 6.45) is 0.535. The normalized spacial score (nSPS) is 23.1. The average Bonchev–Trinajstić information content (AvgIpc) is 2.94. The van der Waals surface area contributed by atoms with Gasteiger partial charge in [0.2, 0.25) is 0 Å². The van der Waals surface area contributed by atoms with E-state index in [1.165, 1.54) is 11.3 Å². The highest BCUT2D eigenvalue weighted by atomic mass is 127. The first-order valence-corrected chi connectivity index (χ1v) is 8.09. The van der Waals surface area contributed by atoms with Gasteiger partial charge in [-0.25, -0.2) is 0 Å². The molecule has 1 amide bonds.